The van der Waals surface area contributed by atoms with E-state index in [9.17, 15) is 0 Å². The number of hydrogen-bond acceptors (Lipinski definition) is 0. The molecule has 18 heavy (non-hydrogen) atoms. The van der Waals surface area contributed by atoms with Crippen LogP contribution in [0, 0.1) is 5.92 Å². The molecule has 1 unspecified atom stereocenters. The van der Waals surface area contributed by atoms with Crippen LogP contribution >= 0.6 is 15.9 Å². The molecular formula is C17H23Br. The fraction of sp³-hybridized carbons (Fsp3) is 0.529. The Balaban J connectivity index is 2.08. The van der Waals surface area contributed by atoms with Gasteiger partial charge in [0.15, 0.2) is 0 Å². The molecule has 2 rings (SSSR count). The van der Waals surface area contributed by atoms with Gasteiger partial charge in [0.2, 0.25) is 0 Å². The molecule has 0 amide bonds. The maximum Gasteiger partial charge on any atom is 0.0244 e. The molecule has 0 spiro atoms. The molecule has 1 atom stereocenters. The fourth-order valence-electron chi connectivity index (χ4n) is 2.94. The molecule has 0 heterocycles. The maximum atomic E-state index is 3.68. The Hall–Kier alpha value is -0.560. The first-order valence-corrected chi connectivity index (χ1v) is 8.25. The van der Waals surface area contributed by atoms with Crippen LogP contribution in [-0.4, -0.2) is 5.33 Å². The largest absolute Gasteiger partial charge is 0.0880 e. The first-order valence-electron chi connectivity index (χ1n) is 7.12. The van der Waals surface area contributed by atoms with E-state index in [4.69, 9.17) is 0 Å². The summed E-state index contributed by atoms with van der Waals surface area (Å²) in [4.78, 5) is 0. The molecule has 0 aliphatic heterocycles. The Labute approximate surface area is 120 Å². The Morgan fingerprint density at radius 1 is 1.22 bits per heavy atom. The molecule has 1 heteroatoms. The Morgan fingerprint density at radius 2 is 1.89 bits per heavy atom. The smallest absolute Gasteiger partial charge is 0.0244 e. The normalized spacial score (nSPS) is 19.8. The van der Waals surface area contributed by atoms with Crippen LogP contribution in [-0.2, 0) is 0 Å². The van der Waals surface area contributed by atoms with Crippen LogP contribution in [0.2, 0.25) is 0 Å². The standard InChI is InChI=1S/C17H23Br/c1-14(15-8-4-2-5-9-15)12-17(13-18)16-10-6-3-7-11-16/h2,4-5,8-9,12,14,16H,3,6-7,10-11,13H2,1H3/b17-12-. The van der Waals surface area contributed by atoms with Crippen molar-refractivity contribution in [3.8, 4) is 0 Å². The summed E-state index contributed by atoms with van der Waals surface area (Å²) in [5.41, 5.74) is 3.04. The van der Waals surface area contributed by atoms with E-state index in [0.29, 0.717) is 5.92 Å². The predicted molar refractivity (Wildman–Crippen MR) is 83.3 cm³/mol. The molecule has 0 nitrogen and oxygen atoms in total. The van der Waals surface area contributed by atoms with Crippen molar-refractivity contribution in [3.05, 3.63) is 47.5 Å². The molecular weight excluding hydrogens is 284 g/mol. The first-order chi connectivity index (χ1) is 8.81. The van der Waals surface area contributed by atoms with Crippen LogP contribution in [0.4, 0.5) is 0 Å². The van der Waals surface area contributed by atoms with Crippen molar-refractivity contribution in [2.75, 3.05) is 5.33 Å². The lowest BCUT2D eigenvalue weighted by molar-refractivity contribution is 0.403. The Bertz CT molecular complexity index is 374. The average Bonchev–Trinajstić information content (AvgIpc) is 2.46. The summed E-state index contributed by atoms with van der Waals surface area (Å²) in [7, 11) is 0. The molecule has 1 saturated carbocycles. The molecule has 1 aliphatic rings. The van der Waals surface area contributed by atoms with Gasteiger partial charge in [-0.05, 0) is 30.2 Å². The highest BCUT2D eigenvalue weighted by Gasteiger charge is 2.17. The summed E-state index contributed by atoms with van der Waals surface area (Å²) in [5.74, 6) is 1.35. The van der Waals surface area contributed by atoms with Gasteiger partial charge in [-0.2, -0.15) is 0 Å². The lowest BCUT2D eigenvalue weighted by atomic mass is 9.83. The number of allylic oxidation sites excluding steroid dienone is 2. The summed E-state index contributed by atoms with van der Waals surface area (Å²) in [6, 6.07) is 10.8. The molecule has 0 radical (unpaired) electrons. The molecule has 0 N–H and O–H groups in total. The van der Waals surface area contributed by atoms with E-state index in [1.807, 2.05) is 0 Å². The van der Waals surface area contributed by atoms with Crippen molar-refractivity contribution >= 4 is 15.9 Å². The summed E-state index contributed by atoms with van der Waals surface area (Å²) in [5, 5.41) is 1.04. The zero-order chi connectivity index (χ0) is 12.8. The van der Waals surface area contributed by atoms with Crippen molar-refractivity contribution in [1.29, 1.82) is 0 Å². The third-order valence-corrected chi connectivity index (χ3v) is 4.72. The third-order valence-electron chi connectivity index (χ3n) is 4.07. The average molecular weight is 307 g/mol. The molecule has 1 aromatic carbocycles. The van der Waals surface area contributed by atoms with E-state index in [1.54, 1.807) is 5.57 Å². The van der Waals surface area contributed by atoms with Crippen molar-refractivity contribution in [1.82, 2.24) is 0 Å². The van der Waals surface area contributed by atoms with Gasteiger partial charge in [-0.15, -0.1) is 0 Å². The third kappa shape index (κ3) is 3.71. The van der Waals surface area contributed by atoms with E-state index >= 15 is 0 Å². The second kappa shape index (κ2) is 7.13. The molecule has 0 bridgehead atoms. The minimum Gasteiger partial charge on any atom is -0.0880 e. The minimum absolute atomic E-state index is 0.528. The summed E-state index contributed by atoms with van der Waals surface area (Å²) in [6.07, 6.45) is 9.52. The second-order valence-corrected chi connectivity index (χ2v) is 5.97. The van der Waals surface area contributed by atoms with Crippen molar-refractivity contribution in [2.45, 2.75) is 44.9 Å². The van der Waals surface area contributed by atoms with Gasteiger partial charge in [-0.1, -0.05) is 84.1 Å². The monoisotopic (exact) mass is 306 g/mol. The van der Waals surface area contributed by atoms with E-state index in [0.717, 1.165) is 11.2 Å². The van der Waals surface area contributed by atoms with Crippen molar-refractivity contribution < 1.29 is 0 Å². The molecule has 98 valence electrons. The van der Waals surface area contributed by atoms with Gasteiger partial charge in [0, 0.05) is 5.33 Å². The van der Waals surface area contributed by atoms with Gasteiger partial charge in [0.1, 0.15) is 0 Å². The number of halogens is 1. The molecule has 0 saturated heterocycles. The molecule has 1 aromatic rings. The molecule has 1 aliphatic carbocycles. The van der Waals surface area contributed by atoms with Crippen LogP contribution in [0.3, 0.4) is 0 Å². The van der Waals surface area contributed by atoms with Crippen molar-refractivity contribution in [2.24, 2.45) is 5.92 Å². The van der Waals surface area contributed by atoms with Gasteiger partial charge < -0.3 is 0 Å². The van der Waals surface area contributed by atoms with Gasteiger partial charge >= 0.3 is 0 Å². The number of rotatable bonds is 4. The minimum atomic E-state index is 0.528. The highest BCUT2D eigenvalue weighted by Crippen LogP contribution is 2.32. The van der Waals surface area contributed by atoms with E-state index in [2.05, 4.69) is 59.3 Å². The van der Waals surface area contributed by atoms with Gasteiger partial charge in [-0.25, -0.2) is 0 Å². The quantitative estimate of drug-likeness (QED) is 0.495. The van der Waals surface area contributed by atoms with Crippen LogP contribution in [0.25, 0.3) is 0 Å². The summed E-state index contributed by atoms with van der Waals surface area (Å²) >= 11 is 3.68. The van der Waals surface area contributed by atoms with Crippen LogP contribution in [0.5, 0.6) is 0 Å². The van der Waals surface area contributed by atoms with Gasteiger partial charge in [-0.3, -0.25) is 0 Å². The van der Waals surface area contributed by atoms with Crippen LogP contribution in [0.1, 0.15) is 50.5 Å². The maximum absolute atomic E-state index is 3.68. The lowest BCUT2D eigenvalue weighted by Gasteiger charge is -2.24. The Kier molecular flexibility index (Phi) is 5.49. The number of hydrogen-bond donors (Lipinski definition) is 0. The van der Waals surface area contributed by atoms with Gasteiger partial charge in [0.05, 0.1) is 0 Å². The van der Waals surface area contributed by atoms with Gasteiger partial charge in [0.25, 0.3) is 0 Å². The van der Waals surface area contributed by atoms with Crippen molar-refractivity contribution in [3.63, 3.8) is 0 Å². The van der Waals surface area contributed by atoms with E-state index in [1.165, 1.54) is 37.7 Å². The SMILES string of the molecule is CC(/C=C(/CBr)C1CCCCC1)c1ccccc1. The second-order valence-electron chi connectivity index (χ2n) is 5.41. The number of benzene rings is 1. The Morgan fingerprint density at radius 3 is 2.50 bits per heavy atom. The number of alkyl halides is 1. The lowest BCUT2D eigenvalue weighted by Crippen LogP contribution is -2.11. The molecule has 1 fully saturated rings. The van der Waals surface area contributed by atoms with E-state index < -0.39 is 0 Å². The topological polar surface area (TPSA) is 0 Å². The first kappa shape index (κ1) is 13.9. The van der Waals surface area contributed by atoms with Crippen LogP contribution in [0.15, 0.2) is 42.0 Å². The molecule has 0 aromatic heterocycles. The zero-order valence-electron chi connectivity index (χ0n) is 11.2. The summed E-state index contributed by atoms with van der Waals surface area (Å²) in [6.45, 7) is 2.31. The van der Waals surface area contributed by atoms with E-state index in [-0.39, 0.29) is 0 Å². The zero-order valence-corrected chi connectivity index (χ0v) is 12.8. The van der Waals surface area contributed by atoms with Crippen LogP contribution < -0.4 is 0 Å². The summed E-state index contributed by atoms with van der Waals surface area (Å²) < 4.78 is 0. The predicted octanol–water partition coefficient (Wildman–Crippen LogP) is 5.69. The highest BCUT2D eigenvalue weighted by atomic mass is 79.9. The fourth-order valence-corrected chi connectivity index (χ4v) is 3.58. The highest BCUT2D eigenvalue weighted by molar-refractivity contribution is 9.09.